The number of allylic oxidation sites excluding steroid dienone is 2. The van der Waals surface area contributed by atoms with Crippen molar-refractivity contribution in [3.05, 3.63) is 53.6 Å². The molecule has 2 aliphatic carbocycles. The third-order valence-corrected chi connectivity index (χ3v) is 13.3. The van der Waals surface area contributed by atoms with Crippen molar-refractivity contribution in [2.75, 3.05) is 0 Å². The smallest absolute Gasteiger partial charge is 0.347 e. The summed E-state index contributed by atoms with van der Waals surface area (Å²) in [4.78, 5) is 27.8. The largest absolute Gasteiger partial charge is 0.478 e. The quantitative estimate of drug-likeness (QED) is 0.147. The molecule has 7 nitrogen and oxygen atoms in total. The van der Waals surface area contributed by atoms with Gasteiger partial charge in [0.2, 0.25) is 0 Å². The molecule has 0 saturated carbocycles. The van der Waals surface area contributed by atoms with Crippen LogP contribution in [0.2, 0.25) is 26.2 Å². The number of carbonyl (C=O) groups excluding carboxylic acids is 2. The van der Waals surface area contributed by atoms with E-state index in [1.807, 2.05) is 25.1 Å². The van der Waals surface area contributed by atoms with Gasteiger partial charge in [0.25, 0.3) is 0 Å². The van der Waals surface area contributed by atoms with Gasteiger partial charge in [0, 0.05) is 17.8 Å². The van der Waals surface area contributed by atoms with Crippen molar-refractivity contribution in [3.8, 4) is 5.75 Å². The van der Waals surface area contributed by atoms with E-state index in [1.54, 1.807) is 0 Å². The summed E-state index contributed by atoms with van der Waals surface area (Å²) >= 11 is 0. The number of fused-ring (bicyclic) bond motifs is 1. The predicted molar refractivity (Wildman–Crippen MR) is 216 cm³/mol. The van der Waals surface area contributed by atoms with E-state index in [-0.39, 0.29) is 58.5 Å². The first-order valence-electron chi connectivity index (χ1n) is 20.1. The lowest BCUT2D eigenvalue weighted by molar-refractivity contribution is -0.180. The van der Waals surface area contributed by atoms with Crippen LogP contribution in [-0.2, 0) is 27.9 Å². The van der Waals surface area contributed by atoms with Gasteiger partial charge in [-0.15, -0.1) is 0 Å². The van der Waals surface area contributed by atoms with Crippen LogP contribution < -0.4 is 4.74 Å². The average Bonchev–Trinajstić information content (AvgIpc) is 3.03. The van der Waals surface area contributed by atoms with Gasteiger partial charge in [0.15, 0.2) is 24.2 Å². The third kappa shape index (κ3) is 9.90. The number of para-hydroxylation sites is 1. The first kappa shape index (κ1) is 42.5. The van der Waals surface area contributed by atoms with Crippen LogP contribution in [0.5, 0.6) is 5.75 Å². The summed E-state index contributed by atoms with van der Waals surface area (Å²) in [6.45, 7) is 30.5. The monoisotopic (exact) mass is 754 g/mol. The summed E-state index contributed by atoms with van der Waals surface area (Å²) in [5, 5.41) is 0. The lowest BCUT2D eigenvalue weighted by Gasteiger charge is -2.54. The molecule has 9 heteroatoms. The molecule has 1 heterocycles. The molecule has 0 spiro atoms. The summed E-state index contributed by atoms with van der Waals surface area (Å²) in [7, 11) is -3.08. The molecule has 52 heavy (non-hydrogen) atoms. The third-order valence-electron chi connectivity index (χ3n) is 11.5. The van der Waals surface area contributed by atoms with E-state index in [1.165, 1.54) is 5.57 Å². The second kappa shape index (κ2) is 17.1. The zero-order valence-electron chi connectivity index (χ0n) is 34.8. The van der Waals surface area contributed by atoms with E-state index in [0.717, 1.165) is 17.7 Å². The van der Waals surface area contributed by atoms with Crippen molar-refractivity contribution in [1.82, 2.24) is 0 Å². The minimum atomic E-state index is -1.62. The molecule has 0 bridgehead atoms. The Morgan fingerprint density at radius 1 is 1.00 bits per heavy atom. The molecule has 292 valence electrons. The van der Waals surface area contributed by atoms with Crippen LogP contribution in [0.3, 0.4) is 0 Å². The average molecular weight is 755 g/mol. The molecule has 1 fully saturated rings. The van der Waals surface area contributed by atoms with Gasteiger partial charge in [0.05, 0.1) is 5.60 Å². The van der Waals surface area contributed by atoms with Gasteiger partial charge in [-0.2, -0.15) is 0 Å². The lowest BCUT2D eigenvalue weighted by Crippen LogP contribution is -2.58. The highest BCUT2D eigenvalue weighted by Crippen LogP contribution is 2.53. The summed E-state index contributed by atoms with van der Waals surface area (Å²) in [5.41, 5.74) is 1.50. The fraction of sp³-hybridized carbons (Fsp3) is 0.721. The zero-order valence-corrected chi connectivity index (χ0v) is 37.1. The van der Waals surface area contributed by atoms with Gasteiger partial charge in [0.1, 0.15) is 24.1 Å². The number of hydrogen-bond donors (Lipinski definition) is 0. The van der Waals surface area contributed by atoms with Crippen LogP contribution in [0.15, 0.2) is 48.1 Å². The molecule has 3 aliphatic rings. The van der Waals surface area contributed by atoms with Crippen LogP contribution in [0.1, 0.15) is 113 Å². The minimum Gasteiger partial charge on any atom is -0.478 e. The molecule has 1 aliphatic heterocycles. The standard InChI is InChI=1S/C43H70O7Si2/c1-15-34(47-35-19-17-16-18-32(35)27(2)3)39(44)48-36-25-30(41(5,6)7)24-29-21-20-28(4)43(37(29)36,50-52(13)14)23-22-31-26-33(42(8,9)10)38(40(45)46-31)49-51(11)12/h16-21,24,27-28,30-31,33-34,36-38,51-52H,15,22-23,25-26H2,1-14H3/t28-,30+,31+,33-,34?,36-,37+,38?,43-/m0/s1. The van der Waals surface area contributed by atoms with E-state index >= 15 is 0 Å². The van der Waals surface area contributed by atoms with E-state index in [2.05, 4.69) is 113 Å². The van der Waals surface area contributed by atoms with Crippen molar-refractivity contribution >= 4 is 30.0 Å². The summed E-state index contributed by atoms with van der Waals surface area (Å²) in [6, 6.07) is 7.98. The Morgan fingerprint density at radius 2 is 1.67 bits per heavy atom. The van der Waals surface area contributed by atoms with Crippen LogP contribution >= 0.6 is 0 Å². The number of cyclic esters (lactones) is 1. The maximum absolute atomic E-state index is 14.3. The van der Waals surface area contributed by atoms with Crippen molar-refractivity contribution in [1.29, 1.82) is 0 Å². The van der Waals surface area contributed by atoms with Gasteiger partial charge in [-0.3, -0.25) is 0 Å². The SMILES string of the molecule is CCC(Oc1ccccc1C(C)C)C(=O)O[C@H]1C[C@H](C(C)(C)C)C=C2C=C[C@H](C)[C@](CC[C@@H]3C[C@H](C(C)(C)C)C(O[SiH](C)C)C(=O)O3)(O[SiH](C)C)[C@H]21. The lowest BCUT2D eigenvalue weighted by atomic mass is 9.59. The van der Waals surface area contributed by atoms with Gasteiger partial charge >= 0.3 is 11.9 Å². The first-order chi connectivity index (χ1) is 24.2. The Balaban J connectivity index is 1.70. The fourth-order valence-electron chi connectivity index (χ4n) is 8.65. The van der Waals surface area contributed by atoms with Crippen molar-refractivity contribution in [2.45, 2.75) is 163 Å². The van der Waals surface area contributed by atoms with Crippen molar-refractivity contribution in [3.63, 3.8) is 0 Å². The number of benzene rings is 1. The Kier molecular flexibility index (Phi) is 14.0. The van der Waals surface area contributed by atoms with Crippen LogP contribution in [0.4, 0.5) is 0 Å². The normalized spacial score (nSPS) is 30.2. The Morgan fingerprint density at radius 3 is 2.25 bits per heavy atom. The van der Waals surface area contributed by atoms with Crippen molar-refractivity contribution in [2.24, 2.45) is 34.5 Å². The summed E-state index contributed by atoms with van der Waals surface area (Å²) in [6.07, 6.45) is 8.38. The van der Waals surface area contributed by atoms with Crippen molar-refractivity contribution < 1.29 is 32.7 Å². The van der Waals surface area contributed by atoms with Crippen LogP contribution in [0, 0.1) is 34.5 Å². The van der Waals surface area contributed by atoms with Gasteiger partial charge < -0.3 is 23.1 Å². The molecule has 1 aromatic rings. The van der Waals surface area contributed by atoms with E-state index < -0.39 is 42.0 Å². The minimum absolute atomic E-state index is 0.0254. The second-order valence-corrected chi connectivity index (χ2v) is 23.4. The maximum Gasteiger partial charge on any atom is 0.347 e. The molecule has 0 amide bonds. The van der Waals surface area contributed by atoms with Gasteiger partial charge in [-0.1, -0.05) is 106 Å². The molecule has 0 radical (unpaired) electrons. The highest BCUT2D eigenvalue weighted by atomic mass is 28.3. The molecule has 4 rings (SSSR count). The number of carbonyl (C=O) groups is 2. The van der Waals surface area contributed by atoms with Crippen LogP contribution in [-0.4, -0.2) is 60.0 Å². The van der Waals surface area contributed by atoms with Gasteiger partial charge in [-0.25, -0.2) is 9.59 Å². The fourth-order valence-corrected chi connectivity index (χ4v) is 10.9. The summed E-state index contributed by atoms with van der Waals surface area (Å²) < 4.78 is 32.9. The Bertz CT molecular complexity index is 1440. The molecular formula is C43H70O7Si2. The number of esters is 2. The van der Waals surface area contributed by atoms with E-state index in [0.29, 0.717) is 25.7 Å². The molecule has 2 unspecified atom stereocenters. The number of hydrogen-bond acceptors (Lipinski definition) is 7. The Hall–Kier alpha value is -2.21. The predicted octanol–water partition coefficient (Wildman–Crippen LogP) is 9.56. The topological polar surface area (TPSA) is 80.3 Å². The highest BCUT2D eigenvalue weighted by Gasteiger charge is 2.55. The molecular weight excluding hydrogens is 685 g/mol. The molecule has 0 aromatic heterocycles. The molecule has 1 saturated heterocycles. The highest BCUT2D eigenvalue weighted by molar-refractivity contribution is 6.49. The zero-order chi connectivity index (χ0) is 38.8. The van der Waals surface area contributed by atoms with Gasteiger partial charge in [-0.05, 0) is 98.2 Å². The second-order valence-electron chi connectivity index (χ2n) is 18.7. The molecule has 0 N–H and O–H groups in total. The number of rotatable bonds is 13. The first-order valence-corrected chi connectivity index (χ1v) is 25.6. The van der Waals surface area contributed by atoms with E-state index in [4.69, 9.17) is 23.1 Å². The van der Waals surface area contributed by atoms with E-state index in [9.17, 15) is 9.59 Å². The van der Waals surface area contributed by atoms with Crippen LogP contribution in [0.25, 0.3) is 0 Å². The Labute approximate surface area is 319 Å². The summed E-state index contributed by atoms with van der Waals surface area (Å²) in [5.74, 6) is 0.604. The maximum atomic E-state index is 14.3. The number of ether oxygens (including phenoxy) is 3. The molecule has 9 atom stereocenters. The molecule has 1 aromatic carbocycles.